The number of phenols is 1. The highest BCUT2D eigenvalue weighted by atomic mass is 16.5. The molecule has 0 unspecified atom stereocenters. The van der Waals surface area contributed by atoms with Crippen LogP contribution in [-0.4, -0.2) is 39.0 Å². The molecule has 0 bridgehead atoms. The molecule has 0 atom stereocenters. The number of methoxy groups -OCH3 is 3. The molecule has 1 rings (SSSR count). The Hall–Kier alpha value is -2.01. The molecule has 0 aromatic heterocycles. The van der Waals surface area contributed by atoms with Crippen LogP contribution in [-0.2, 0) is 14.3 Å². The van der Waals surface area contributed by atoms with E-state index < -0.39 is 5.97 Å². The van der Waals surface area contributed by atoms with Crippen molar-refractivity contribution in [2.45, 2.75) is 6.42 Å². The summed E-state index contributed by atoms with van der Waals surface area (Å²) in [4.78, 5) is 11.6. The number of esters is 1. The highest BCUT2D eigenvalue weighted by molar-refractivity contribution is 5.93. The van der Waals surface area contributed by atoms with Crippen molar-refractivity contribution in [3.63, 3.8) is 0 Å². The average Bonchev–Trinajstić information content (AvgIpc) is 2.44. The third kappa shape index (κ3) is 4.30. The third-order valence-corrected chi connectivity index (χ3v) is 2.57. The monoisotopic (exact) mass is 266 g/mol. The van der Waals surface area contributed by atoms with Crippen molar-refractivity contribution >= 4 is 12.0 Å². The van der Waals surface area contributed by atoms with E-state index in [-0.39, 0.29) is 5.75 Å². The van der Waals surface area contributed by atoms with Crippen LogP contribution in [0.4, 0.5) is 0 Å². The molecule has 0 heterocycles. The number of ether oxygens (including phenoxy) is 3. The lowest BCUT2D eigenvalue weighted by atomic mass is 10.1. The number of carbonyl (C=O) groups excluding carboxylic acids is 1. The Kier molecular flexibility index (Phi) is 5.89. The summed E-state index contributed by atoms with van der Waals surface area (Å²) < 4.78 is 14.7. The molecule has 0 amide bonds. The smallest absolute Gasteiger partial charge is 0.333 e. The molecule has 1 aromatic carbocycles. The first-order valence-corrected chi connectivity index (χ1v) is 5.77. The summed E-state index contributed by atoms with van der Waals surface area (Å²) in [7, 11) is 4.37. The lowest BCUT2D eigenvalue weighted by Gasteiger charge is -2.07. The zero-order chi connectivity index (χ0) is 14.3. The first-order valence-electron chi connectivity index (χ1n) is 5.77. The normalized spacial score (nSPS) is 11.2. The minimum atomic E-state index is -0.399. The fourth-order valence-electron chi connectivity index (χ4n) is 1.56. The molecule has 5 nitrogen and oxygen atoms in total. The maximum absolute atomic E-state index is 11.6. The van der Waals surface area contributed by atoms with Gasteiger partial charge in [-0.3, -0.25) is 0 Å². The quantitative estimate of drug-likeness (QED) is 0.630. The second-order valence-corrected chi connectivity index (χ2v) is 3.84. The van der Waals surface area contributed by atoms with Gasteiger partial charge in [-0.2, -0.15) is 0 Å². The summed E-state index contributed by atoms with van der Waals surface area (Å²) in [6.45, 7) is 0.427. The molecule has 0 aliphatic heterocycles. The first kappa shape index (κ1) is 15.0. The summed E-state index contributed by atoms with van der Waals surface area (Å²) in [5.74, 6) is 0.00459. The van der Waals surface area contributed by atoms with Crippen molar-refractivity contribution < 1.29 is 24.1 Å². The van der Waals surface area contributed by atoms with Crippen LogP contribution < -0.4 is 4.74 Å². The lowest BCUT2D eigenvalue weighted by Crippen LogP contribution is -2.07. The zero-order valence-corrected chi connectivity index (χ0v) is 11.3. The van der Waals surface area contributed by atoms with Crippen molar-refractivity contribution in [2.75, 3.05) is 27.9 Å². The average molecular weight is 266 g/mol. The van der Waals surface area contributed by atoms with Gasteiger partial charge in [-0.1, -0.05) is 6.07 Å². The largest absolute Gasteiger partial charge is 0.504 e. The molecule has 0 spiro atoms. The number of benzene rings is 1. The third-order valence-electron chi connectivity index (χ3n) is 2.57. The molecule has 0 aliphatic carbocycles. The molecule has 0 saturated heterocycles. The van der Waals surface area contributed by atoms with E-state index in [0.29, 0.717) is 24.4 Å². The summed E-state index contributed by atoms with van der Waals surface area (Å²) in [6.07, 6.45) is 2.14. The summed E-state index contributed by atoms with van der Waals surface area (Å²) in [6, 6.07) is 4.84. The van der Waals surface area contributed by atoms with Crippen molar-refractivity contribution in [1.29, 1.82) is 0 Å². The molecule has 1 aromatic rings. The molecular formula is C14H18O5. The van der Waals surface area contributed by atoms with Gasteiger partial charge in [0.25, 0.3) is 0 Å². The number of phenolic OH excluding ortho intramolecular Hbond substituents is 1. The Morgan fingerprint density at radius 2 is 2.05 bits per heavy atom. The maximum atomic E-state index is 11.6. The second-order valence-electron chi connectivity index (χ2n) is 3.84. The van der Waals surface area contributed by atoms with E-state index >= 15 is 0 Å². The fraction of sp³-hybridized carbons (Fsp3) is 0.357. The van der Waals surface area contributed by atoms with Crippen molar-refractivity contribution in [3.05, 3.63) is 29.3 Å². The minimum absolute atomic E-state index is 0.0520. The van der Waals surface area contributed by atoms with Gasteiger partial charge in [0.15, 0.2) is 11.5 Å². The predicted molar refractivity (Wildman–Crippen MR) is 71.1 cm³/mol. The molecule has 104 valence electrons. The number of hydrogen-bond acceptors (Lipinski definition) is 5. The van der Waals surface area contributed by atoms with Gasteiger partial charge in [0.1, 0.15) is 0 Å². The van der Waals surface area contributed by atoms with Crippen LogP contribution >= 0.6 is 0 Å². The second kappa shape index (κ2) is 7.43. The Balaban J connectivity index is 3.03. The molecule has 0 saturated carbocycles. The van der Waals surface area contributed by atoms with Gasteiger partial charge in [-0.05, 0) is 23.8 Å². The molecule has 5 heteroatoms. The SMILES string of the molecule is COCCC(=Cc1ccc(O)c(OC)c1)C(=O)OC. The van der Waals surface area contributed by atoms with Gasteiger partial charge in [-0.25, -0.2) is 4.79 Å². The van der Waals surface area contributed by atoms with E-state index in [1.165, 1.54) is 20.3 Å². The van der Waals surface area contributed by atoms with Gasteiger partial charge in [0.2, 0.25) is 0 Å². The molecule has 0 radical (unpaired) electrons. The highest BCUT2D eigenvalue weighted by Crippen LogP contribution is 2.27. The molecule has 1 N–H and O–H groups in total. The first-order chi connectivity index (χ1) is 9.12. The maximum Gasteiger partial charge on any atom is 0.333 e. The Morgan fingerprint density at radius 3 is 2.63 bits per heavy atom. The van der Waals surface area contributed by atoms with Gasteiger partial charge in [-0.15, -0.1) is 0 Å². The van der Waals surface area contributed by atoms with E-state index in [9.17, 15) is 9.90 Å². The van der Waals surface area contributed by atoms with Gasteiger partial charge in [0, 0.05) is 19.1 Å². The summed E-state index contributed by atoms with van der Waals surface area (Å²) >= 11 is 0. The van der Waals surface area contributed by atoms with Crippen LogP contribution in [0.15, 0.2) is 23.8 Å². The number of carbonyl (C=O) groups is 1. The molecule has 0 aliphatic rings. The topological polar surface area (TPSA) is 65.0 Å². The summed E-state index contributed by atoms with van der Waals surface area (Å²) in [5, 5.41) is 9.51. The molecular weight excluding hydrogens is 248 g/mol. The van der Waals surface area contributed by atoms with Crippen molar-refractivity contribution in [2.24, 2.45) is 0 Å². The van der Waals surface area contributed by atoms with Crippen LogP contribution in [0.25, 0.3) is 6.08 Å². The van der Waals surface area contributed by atoms with E-state index in [0.717, 1.165) is 5.56 Å². The Bertz CT molecular complexity index is 465. The van der Waals surface area contributed by atoms with E-state index in [2.05, 4.69) is 0 Å². The van der Waals surface area contributed by atoms with Crippen LogP contribution in [0.2, 0.25) is 0 Å². The van der Waals surface area contributed by atoms with Crippen molar-refractivity contribution in [3.8, 4) is 11.5 Å². The van der Waals surface area contributed by atoms with E-state index in [1.807, 2.05) is 0 Å². The fourth-order valence-corrected chi connectivity index (χ4v) is 1.56. The van der Waals surface area contributed by atoms with E-state index in [1.54, 1.807) is 25.3 Å². The Morgan fingerprint density at radius 1 is 1.32 bits per heavy atom. The van der Waals surface area contributed by atoms with Gasteiger partial charge >= 0.3 is 5.97 Å². The number of hydrogen-bond donors (Lipinski definition) is 1. The standard InChI is InChI=1S/C14H18O5/c1-17-7-6-11(14(16)19-3)8-10-4-5-12(15)13(9-10)18-2/h4-5,8-9,15H,6-7H2,1-3H3. The van der Waals surface area contributed by atoms with E-state index in [4.69, 9.17) is 14.2 Å². The number of rotatable bonds is 6. The predicted octanol–water partition coefficient (Wildman–Crippen LogP) is 1.99. The zero-order valence-electron chi connectivity index (χ0n) is 11.3. The highest BCUT2D eigenvalue weighted by Gasteiger charge is 2.10. The van der Waals surface area contributed by atoms with Crippen LogP contribution in [0.1, 0.15) is 12.0 Å². The van der Waals surface area contributed by atoms with Gasteiger partial charge in [0.05, 0.1) is 20.8 Å². The van der Waals surface area contributed by atoms with Crippen LogP contribution in [0.3, 0.4) is 0 Å². The Labute approximate surface area is 112 Å². The lowest BCUT2D eigenvalue weighted by molar-refractivity contribution is -0.136. The molecule has 0 fully saturated rings. The van der Waals surface area contributed by atoms with Crippen LogP contribution in [0, 0.1) is 0 Å². The van der Waals surface area contributed by atoms with Gasteiger partial charge < -0.3 is 19.3 Å². The summed E-state index contributed by atoms with van der Waals surface area (Å²) in [5.41, 5.74) is 1.24. The number of aromatic hydroxyl groups is 1. The van der Waals surface area contributed by atoms with Crippen molar-refractivity contribution in [1.82, 2.24) is 0 Å². The molecule has 19 heavy (non-hydrogen) atoms. The minimum Gasteiger partial charge on any atom is -0.504 e. The van der Waals surface area contributed by atoms with Crippen LogP contribution in [0.5, 0.6) is 11.5 Å².